The van der Waals surface area contributed by atoms with Crippen LogP contribution in [0.3, 0.4) is 0 Å². The van der Waals surface area contributed by atoms with Crippen molar-refractivity contribution in [3.05, 3.63) is 53.3 Å². The van der Waals surface area contributed by atoms with Gasteiger partial charge in [0.25, 0.3) is 5.91 Å². The van der Waals surface area contributed by atoms with E-state index in [0.717, 1.165) is 30.7 Å². The molecule has 0 bridgehead atoms. The van der Waals surface area contributed by atoms with Crippen molar-refractivity contribution in [2.24, 2.45) is 0 Å². The third-order valence-electron chi connectivity index (χ3n) is 3.97. The number of halogens is 3. The zero-order valence-corrected chi connectivity index (χ0v) is 13.5. The van der Waals surface area contributed by atoms with Crippen LogP contribution in [0.25, 0.3) is 0 Å². The fourth-order valence-electron chi connectivity index (χ4n) is 2.50. The maximum absolute atomic E-state index is 12.9. The molecule has 1 fully saturated rings. The molecule has 0 atom stereocenters. The molecule has 1 aromatic heterocycles. The zero-order chi connectivity index (χ0) is 18.0. The molecular weight excluding hydrogens is 333 g/mol. The molecule has 0 spiro atoms. The predicted octanol–water partition coefficient (Wildman–Crippen LogP) is 3.02. The maximum Gasteiger partial charge on any atom is 0.433 e. The van der Waals surface area contributed by atoms with Crippen molar-refractivity contribution in [1.29, 1.82) is 0 Å². The Bertz CT molecular complexity index is 757. The number of benzene rings is 1. The molecule has 3 rings (SSSR count). The van der Waals surface area contributed by atoms with Gasteiger partial charge in [0.15, 0.2) is 0 Å². The summed E-state index contributed by atoms with van der Waals surface area (Å²) in [6.07, 6.45) is -1.57. The molecule has 1 heterocycles. The summed E-state index contributed by atoms with van der Waals surface area (Å²) in [7, 11) is 1.55. The summed E-state index contributed by atoms with van der Waals surface area (Å²) in [5, 5.41) is 2.54. The highest BCUT2D eigenvalue weighted by molar-refractivity contribution is 5.93. The first-order valence-corrected chi connectivity index (χ1v) is 7.86. The van der Waals surface area contributed by atoms with E-state index in [4.69, 9.17) is 0 Å². The number of alkyl halides is 3. The van der Waals surface area contributed by atoms with E-state index >= 15 is 0 Å². The molecule has 1 aliphatic carbocycles. The number of carbonyl (C=O) groups is 1. The SMILES string of the molecule is CNC(=O)c1ccc(CN(c2nccc(C(F)(F)F)n2)C2CC2)cc1. The minimum atomic E-state index is -4.50. The lowest BCUT2D eigenvalue weighted by atomic mass is 10.1. The molecule has 1 amide bonds. The third kappa shape index (κ3) is 4.07. The highest BCUT2D eigenvalue weighted by Crippen LogP contribution is 2.33. The molecule has 1 N–H and O–H groups in total. The largest absolute Gasteiger partial charge is 0.433 e. The van der Waals surface area contributed by atoms with E-state index in [9.17, 15) is 18.0 Å². The van der Waals surface area contributed by atoms with E-state index in [1.54, 1.807) is 36.2 Å². The first-order valence-electron chi connectivity index (χ1n) is 7.86. The Balaban J connectivity index is 1.82. The number of anilines is 1. The van der Waals surface area contributed by atoms with Gasteiger partial charge in [0.2, 0.25) is 5.95 Å². The molecule has 1 aliphatic rings. The van der Waals surface area contributed by atoms with Crippen molar-refractivity contribution < 1.29 is 18.0 Å². The lowest BCUT2D eigenvalue weighted by Crippen LogP contribution is -2.28. The molecule has 2 aromatic rings. The van der Waals surface area contributed by atoms with E-state index in [1.165, 1.54) is 0 Å². The van der Waals surface area contributed by atoms with Crippen molar-refractivity contribution >= 4 is 11.9 Å². The predicted molar refractivity (Wildman–Crippen MR) is 86.1 cm³/mol. The Morgan fingerprint density at radius 3 is 2.48 bits per heavy atom. The second-order valence-electron chi connectivity index (χ2n) is 5.87. The Labute approximate surface area is 142 Å². The van der Waals surface area contributed by atoms with E-state index in [-0.39, 0.29) is 17.9 Å². The summed E-state index contributed by atoms with van der Waals surface area (Å²) in [5.41, 5.74) is 0.457. The Morgan fingerprint density at radius 1 is 1.24 bits per heavy atom. The first-order chi connectivity index (χ1) is 11.9. The van der Waals surface area contributed by atoms with Crippen LogP contribution in [0.15, 0.2) is 36.5 Å². The van der Waals surface area contributed by atoms with Gasteiger partial charge in [-0.2, -0.15) is 13.2 Å². The molecule has 0 saturated heterocycles. The normalized spacial score (nSPS) is 14.2. The van der Waals surface area contributed by atoms with Gasteiger partial charge in [0, 0.05) is 31.4 Å². The number of amides is 1. The van der Waals surface area contributed by atoms with Gasteiger partial charge in [-0.1, -0.05) is 12.1 Å². The number of hydrogen-bond donors (Lipinski definition) is 1. The number of aromatic nitrogens is 2. The van der Waals surface area contributed by atoms with Gasteiger partial charge in [-0.15, -0.1) is 0 Å². The number of nitrogens with one attached hydrogen (secondary N) is 1. The second kappa shape index (κ2) is 6.70. The summed E-state index contributed by atoms with van der Waals surface area (Å²) in [6.45, 7) is 0.389. The summed E-state index contributed by atoms with van der Waals surface area (Å²) >= 11 is 0. The smallest absolute Gasteiger partial charge is 0.355 e. The van der Waals surface area contributed by atoms with Gasteiger partial charge >= 0.3 is 6.18 Å². The van der Waals surface area contributed by atoms with Gasteiger partial charge in [-0.05, 0) is 36.6 Å². The van der Waals surface area contributed by atoms with Crippen molar-refractivity contribution in [3.8, 4) is 0 Å². The van der Waals surface area contributed by atoms with E-state index in [1.807, 2.05) is 0 Å². The minimum absolute atomic E-state index is 0.0766. The molecule has 1 saturated carbocycles. The molecule has 0 radical (unpaired) electrons. The Morgan fingerprint density at radius 2 is 1.92 bits per heavy atom. The molecule has 5 nitrogen and oxygen atoms in total. The van der Waals surface area contributed by atoms with Crippen LogP contribution in [0.1, 0.15) is 34.5 Å². The average molecular weight is 350 g/mol. The minimum Gasteiger partial charge on any atom is -0.355 e. The van der Waals surface area contributed by atoms with Crippen LogP contribution in [-0.4, -0.2) is 29.0 Å². The molecular formula is C17H17F3N4O. The first kappa shape index (κ1) is 17.2. The van der Waals surface area contributed by atoms with Crippen LogP contribution < -0.4 is 10.2 Å². The van der Waals surface area contributed by atoms with E-state index in [2.05, 4.69) is 15.3 Å². The van der Waals surface area contributed by atoms with E-state index < -0.39 is 11.9 Å². The molecule has 0 aliphatic heterocycles. The maximum atomic E-state index is 12.9. The van der Waals surface area contributed by atoms with Crippen molar-refractivity contribution in [2.75, 3.05) is 11.9 Å². The van der Waals surface area contributed by atoms with Crippen LogP contribution in [0.4, 0.5) is 19.1 Å². The molecule has 1 aromatic carbocycles. The molecule has 25 heavy (non-hydrogen) atoms. The van der Waals surface area contributed by atoms with Crippen molar-refractivity contribution in [3.63, 3.8) is 0 Å². The highest BCUT2D eigenvalue weighted by Gasteiger charge is 2.35. The van der Waals surface area contributed by atoms with E-state index in [0.29, 0.717) is 12.1 Å². The van der Waals surface area contributed by atoms with Crippen LogP contribution in [0, 0.1) is 0 Å². The van der Waals surface area contributed by atoms with Crippen LogP contribution in [-0.2, 0) is 12.7 Å². The lowest BCUT2D eigenvalue weighted by Gasteiger charge is -2.23. The van der Waals surface area contributed by atoms with Crippen LogP contribution >= 0.6 is 0 Å². The summed E-state index contributed by atoms with van der Waals surface area (Å²) in [4.78, 5) is 21.1. The standard InChI is InChI=1S/C17H17F3N4O/c1-21-15(25)12-4-2-11(3-5-12)10-24(13-6-7-13)16-22-9-8-14(23-16)17(18,19)20/h2-5,8-9,13H,6-7,10H2,1H3,(H,21,25). The number of nitrogens with zero attached hydrogens (tertiary/aromatic N) is 3. The zero-order valence-electron chi connectivity index (χ0n) is 13.5. The van der Waals surface area contributed by atoms with Gasteiger partial charge < -0.3 is 10.2 Å². The average Bonchev–Trinajstić information content (AvgIpc) is 3.44. The number of carbonyl (C=O) groups excluding carboxylic acids is 1. The third-order valence-corrected chi connectivity index (χ3v) is 3.97. The van der Waals surface area contributed by atoms with Crippen LogP contribution in [0.5, 0.6) is 0 Å². The monoisotopic (exact) mass is 350 g/mol. The highest BCUT2D eigenvalue weighted by atomic mass is 19.4. The lowest BCUT2D eigenvalue weighted by molar-refractivity contribution is -0.141. The fourth-order valence-corrected chi connectivity index (χ4v) is 2.50. The molecule has 132 valence electrons. The quantitative estimate of drug-likeness (QED) is 0.901. The summed E-state index contributed by atoms with van der Waals surface area (Å²) in [6, 6.07) is 7.95. The topological polar surface area (TPSA) is 58.1 Å². The second-order valence-corrected chi connectivity index (χ2v) is 5.87. The summed E-state index contributed by atoms with van der Waals surface area (Å²) < 4.78 is 38.6. The molecule has 0 unspecified atom stereocenters. The van der Waals surface area contributed by atoms with Gasteiger partial charge in [-0.3, -0.25) is 4.79 Å². The van der Waals surface area contributed by atoms with Gasteiger partial charge in [-0.25, -0.2) is 9.97 Å². The Kier molecular flexibility index (Phi) is 4.61. The number of rotatable bonds is 5. The Hall–Kier alpha value is -2.64. The molecule has 8 heteroatoms. The van der Waals surface area contributed by atoms with Crippen molar-refractivity contribution in [2.45, 2.75) is 31.6 Å². The van der Waals surface area contributed by atoms with Crippen LogP contribution in [0.2, 0.25) is 0 Å². The van der Waals surface area contributed by atoms with Gasteiger partial charge in [0.1, 0.15) is 5.69 Å². The number of hydrogen-bond acceptors (Lipinski definition) is 4. The fraction of sp³-hybridized carbons (Fsp3) is 0.353. The summed E-state index contributed by atoms with van der Waals surface area (Å²) in [5.74, 6) is -0.112. The van der Waals surface area contributed by atoms with Gasteiger partial charge in [0.05, 0.1) is 0 Å². The van der Waals surface area contributed by atoms with Crippen molar-refractivity contribution in [1.82, 2.24) is 15.3 Å².